The van der Waals surface area contributed by atoms with Gasteiger partial charge in [-0.1, -0.05) is 68.8 Å². The summed E-state index contributed by atoms with van der Waals surface area (Å²) < 4.78 is 5.22. The molecule has 1 saturated heterocycles. The summed E-state index contributed by atoms with van der Waals surface area (Å²) in [6, 6.07) is 16.6. The minimum absolute atomic E-state index is 0.0275. The number of esters is 1. The van der Waals surface area contributed by atoms with Gasteiger partial charge in [-0.15, -0.1) is 0 Å². The summed E-state index contributed by atoms with van der Waals surface area (Å²) in [4.78, 5) is 40.3. The van der Waals surface area contributed by atoms with Crippen molar-refractivity contribution < 1.29 is 19.1 Å². The Hall–Kier alpha value is -2.95. The third-order valence-electron chi connectivity index (χ3n) is 7.38. The van der Waals surface area contributed by atoms with Crippen LogP contribution >= 0.6 is 0 Å². The summed E-state index contributed by atoms with van der Waals surface area (Å²) in [7, 11) is 0. The van der Waals surface area contributed by atoms with Crippen LogP contribution in [0.3, 0.4) is 0 Å². The monoisotopic (exact) mass is 445 g/mol. The molecule has 1 fully saturated rings. The zero-order chi connectivity index (χ0) is 23.1. The second kappa shape index (κ2) is 8.77. The van der Waals surface area contributed by atoms with Crippen molar-refractivity contribution in [1.29, 1.82) is 0 Å². The summed E-state index contributed by atoms with van der Waals surface area (Å²) >= 11 is 0. The fourth-order valence-corrected chi connectivity index (χ4v) is 6.01. The maximum atomic E-state index is 13.5. The van der Waals surface area contributed by atoms with E-state index in [2.05, 4.69) is 24.3 Å². The van der Waals surface area contributed by atoms with Crippen LogP contribution in [0.25, 0.3) is 0 Å². The first kappa shape index (κ1) is 21.9. The van der Waals surface area contributed by atoms with E-state index in [4.69, 9.17) is 4.74 Å². The lowest BCUT2D eigenvalue weighted by Crippen LogP contribution is -2.41. The highest BCUT2D eigenvalue weighted by Crippen LogP contribution is 2.60. The highest BCUT2D eigenvalue weighted by molar-refractivity contribution is 6.07. The molecule has 2 bridgehead atoms. The zero-order valence-electron chi connectivity index (χ0n) is 19.3. The number of unbranched alkanes of at least 4 members (excludes halogenated alkanes) is 2. The van der Waals surface area contributed by atoms with E-state index < -0.39 is 0 Å². The Balaban J connectivity index is 1.28. The largest absolute Gasteiger partial charge is 0.465 e. The molecule has 0 spiro atoms. The predicted molar refractivity (Wildman–Crippen MR) is 125 cm³/mol. The molecule has 1 aliphatic heterocycles. The molecule has 6 rings (SSSR count). The average molecular weight is 446 g/mol. The SMILES string of the molecule is CC(C)COC(=O)CCCCCN1C(=O)[C@@H]2C3c4ccccc4C(c4ccccc43)[C@@H]2C1=O. The van der Waals surface area contributed by atoms with Crippen molar-refractivity contribution in [2.75, 3.05) is 13.2 Å². The zero-order valence-corrected chi connectivity index (χ0v) is 19.3. The molecule has 5 nitrogen and oxygen atoms in total. The summed E-state index contributed by atoms with van der Waals surface area (Å²) in [5.74, 6) is -0.612. The van der Waals surface area contributed by atoms with E-state index in [1.54, 1.807) is 0 Å². The Morgan fingerprint density at radius 3 is 1.76 bits per heavy atom. The maximum absolute atomic E-state index is 13.5. The number of ether oxygens (including phenoxy) is 1. The highest BCUT2D eigenvalue weighted by atomic mass is 16.5. The number of nitrogens with zero attached hydrogens (tertiary/aromatic N) is 1. The van der Waals surface area contributed by atoms with Crippen molar-refractivity contribution in [3.8, 4) is 0 Å². The van der Waals surface area contributed by atoms with Gasteiger partial charge in [0.2, 0.25) is 11.8 Å². The van der Waals surface area contributed by atoms with Gasteiger partial charge in [-0.25, -0.2) is 0 Å². The topological polar surface area (TPSA) is 63.7 Å². The van der Waals surface area contributed by atoms with Gasteiger partial charge in [0, 0.05) is 24.8 Å². The number of likely N-dealkylation sites (tertiary alicyclic amines) is 1. The lowest BCUT2D eigenvalue weighted by Gasteiger charge is -2.45. The molecule has 3 aliphatic carbocycles. The standard InChI is InChI=1S/C28H31NO4/c1-17(2)16-33-22(30)14-4-3-9-15-29-27(31)25-23-18-10-5-6-11-19(18)24(26(25)28(29)32)21-13-8-7-12-20(21)23/h5-8,10-13,17,23-26H,3-4,9,14-16H2,1-2H3/t23?,24?,25-,26+. The maximum Gasteiger partial charge on any atom is 0.305 e. The molecule has 172 valence electrons. The summed E-state index contributed by atoms with van der Waals surface area (Å²) in [6.45, 7) is 4.90. The highest BCUT2D eigenvalue weighted by Gasteiger charge is 2.61. The number of hydrogen-bond acceptors (Lipinski definition) is 4. The normalized spacial score (nSPS) is 24.6. The third kappa shape index (κ3) is 3.68. The molecule has 0 N–H and O–H groups in total. The Kier molecular flexibility index (Phi) is 5.81. The van der Waals surface area contributed by atoms with Gasteiger partial charge in [0.15, 0.2) is 0 Å². The molecule has 0 saturated carbocycles. The minimum atomic E-state index is -0.307. The lowest BCUT2D eigenvalue weighted by molar-refractivity contribution is -0.145. The molecule has 2 aromatic carbocycles. The second-order valence-electron chi connectivity index (χ2n) is 9.98. The van der Waals surface area contributed by atoms with Crippen molar-refractivity contribution in [2.24, 2.45) is 17.8 Å². The van der Waals surface area contributed by atoms with Crippen LogP contribution in [0.2, 0.25) is 0 Å². The number of amides is 2. The fourth-order valence-electron chi connectivity index (χ4n) is 6.01. The number of benzene rings is 2. The number of rotatable bonds is 8. The molecule has 2 aromatic rings. The van der Waals surface area contributed by atoms with Gasteiger partial charge in [-0.3, -0.25) is 19.3 Å². The van der Waals surface area contributed by atoms with Crippen molar-refractivity contribution in [3.63, 3.8) is 0 Å². The van der Waals surface area contributed by atoms with Gasteiger partial charge < -0.3 is 4.74 Å². The molecular weight excluding hydrogens is 414 g/mol. The minimum Gasteiger partial charge on any atom is -0.465 e. The summed E-state index contributed by atoms with van der Waals surface area (Å²) in [5, 5.41) is 0. The average Bonchev–Trinajstić information content (AvgIpc) is 3.08. The Morgan fingerprint density at radius 2 is 1.30 bits per heavy atom. The molecule has 33 heavy (non-hydrogen) atoms. The van der Waals surface area contributed by atoms with Gasteiger partial charge >= 0.3 is 5.97 Å². The molecule has 2 amide bonds. The van der Waals surface area contributed by atoms with Crippen LogP contribution in [0.5, 0.6) is 0 Å². The lowest BCUT2D eigenvalue weighted by atomic mass is 9.55. The van der Waals surface area contributed by atoms with Crippen LogP contribution in [0.15, 0.2) is 48.5 Å². The van der Waals surface area contributed by atoms with Crippen molar-refractivity contribution in [3.05, 3.63) is 70.8 Å². The number of hydrogen-bond donors (Lipinski definition) is 0. The molecule has 2 atom stereocenters. The smallest absolute Gasteiger partial charge is 0.305 e. The second-order valence-corrected chi connectivity index (χ2v) is 9.98. The van der Waals surface area contributed by atoms with Crippen LogP contribution in [0.4, 0.5) is 0 Å². The van der Waals surface area contributed by atoms with Gasteiger partial charge in [0.25, 0.3) is 0 Å². The van der Waals surface area contributed by atoms with Crippen molar-refractivity contribution >= 4 is 17.8 Å². The summed E-state index contributed by atoms with van der Waals surface area (Å²) in [6.07, 6.45) is 2.59. The first-order chi connectivity index (χ1) is 16.0. The molecule has 1 heterocycles. The van der Waals surface area contributed by atoms with Crippen molar-refractivity contribution in [2.45, 2.75) is 51.4 Å². The van der Waals surface area contributed by atoms with E-state index >= 15 is 0 Å². The van der Waals surface area contributed by atoms with Gasteiger partial charge in [-0.05, 0) is 41.0 Å². The van der Waals surface area contributed by atoms with Gasteiger partial charge in [0.1, 0.15) is 0 Å². The quantitative estimate of drug-likeness (QED) is 0.337. The van der Waals surface area contributed by atoms with Crippen LogP contribution in [0.1, 0.15) is 73.6 Å². The molecule has 4 aliphatic rings. The molecule has 0 unspecified atom stereocenters. The molecule has 5 heteroatoms. The van der Waals surface area contributed by atoms with Crippen molar-refractivity contribution in [1.82, 2.24) is 4.90 Å². The molecular formula is C28H31NO4. The van der Waals surface area contributed by atoms with E-state index in [0.29, 0.717) is 38.3 Å². The van der Waals surface area contributed by atoms with E-state index in [0.717, 1.165) is 6.42 Å². The Bertz CT molecular complexity index is 975. The number of carbonyl (C=O) groups is 3. The van der Waals surface area contributed by atoms with Gasteiger partial charge in [-0.2, -0.15) is 0 Å². The number of carbonyl (C=O) groups excluding carboxylic acids is 3. The van der Waals surface area contributed by atoms with Crippen LogP contribution in [-0.4, -0.2) is 35.8 Å². The van der Waals surface area contributed by atoms with E-state index in [1.807, 2.05) is 38.1 Å². The molecule has 0 radical (unpaired) electrons. The Labute approximate surface area is 195 Å². The van der Waals surface area contributed by atoms with Crippen LogP contribution in [-0.2, 0) is 19.1 Å². The Morgan fingerprint density at radius 1 is 0.818 bits per heavy atom. The van der Waals surface area contributed by atoms with Crippen LogP contribution in [0, 0.1) is 17.8 Å². The summed E-state index contributed by atoms with van der Waals surface area (Å²) in [5.41, 5.74) is 4.80. The van der Waals surface area contributed by atoms with E-state index in [-0.39, 0.29) is 41.5 Å². The van der Waals surface area contributed by atoms with Gasteiger partial charge in [0.05, 0.1) is 18.4 Å². The fraction of sp³-hybridized carbons (Fsp3) is 0.464. The van der Waals surface area contributed by atoms with E-state index in [1.165, 1.54) is 27.2 Å². The predicted octanol–water partition coefficient (Wildman–Crippen LogP) is 4.64. The number of imide groups is 1. The van der Waals surface area contributed by atoms with E-state index in [9.17, 15) is 14.4 Å². The third-order valence-corrected chi connectivity index (χ3v) is 7.38. The van der Waals surface area contributed by atoms with Crippen LogP contribution < -0.4 is 0 Å². The first-order valence-corrected chi connectivity index (χ1v) is 12.2. The first-order valence-electron chi connectivity index (χ1n) is 12.2. The molecule has 0 aromatic heterocycles.